The summed E-state index contributed by atoms with van der Waals surface area (Å²) in [5.74, 6) is -0.318. The lowest BCUT2D eigenvalue weighted by molar-refractivity contribution is 0.261. The van der Waals surface area contributed by atoms with Crippen LogP contribution in [-0.2, 0) is 6.61 Å². The van der Waals surface area contributed by atoms with Gasteiger partial charge in [0.05, 0.1) is 5.69 Å². The van der Waals surface area contributed by atoms with E-state index in [1.165, 1.54) is 30.6 Å². The molecule has 0 aliphatic rings. The van der Waals surface area contributed by atoms with E-state index in [1.54, 1.807) is 12.1 Å². The van der Waals surface area contributed by atoms with Gasteiger partial charge in [0.15, 0.2) is 5.82 Å². The summed E-state index contributed by atoms with van der Waals surface area (Å²) < 4.78 is 19.2. The van der Waals surface area contributed by atoms with Crippen molar-refractivity contribution in [3.8, 4) is 5.88 Å². The van der Waals surface area contributed by atoms with Gasteiger partial charge >= 0.3 is 6.03 Å². The zero-order valence-corrected chi connectivity index (χ0v) is 14.2. The SMILES string of the molecule is O=C(Nc1ccccc1F)Nc1nccnc1OCc1ccccc1Cl. The third-order valence-corrected chi connectivity index (χ3v) is 3.71. The van der Waals surface area contributed by atoms with Gasteiger partial charge in [0.1, 0.15) is 12.4 Å². The Kier molecular flexibility index (Phi) is 5.60. The third-order valence-electron chi connectivity index (χ3n) is 3.34. The van der Waals surface area contributed by atoms with Crippen LogP contribution >= 0.6 is 11.6 Å². The molecule has 8 heteroatoms. The molecule has 0 saturated carbocycles. The molecule has 0 fully saturated rings. The zero-order chi connectivity index (χ0) is 18.4. The molecule has 0 atom stereocenters. The first-order chi connectivity index (χ1) is 12.6. The highest BCUT2D eigenvalue weighted by Gasteiger charge is 2.12. The number of aromatic nitrogens is 2. The summed E-state index contributed by atoms with van der Waals surface area (Å²) in [5.41, 5.74) is 0.814. The number of amides is 2. The summed E-state index contributed by atoms with van der Waals surface area (Å²) in [6, 6.07) is 12.4. The Bertz CT molecular complexity index is 923. The Labute approximate surface area is 154 Å². The summed E-state index contributed by atoms with van der Waals surface area (Å²) in [6.45, 7) is 0.155. The molecule has 132 valence electrons. The van der Waals surface area contributed by atoms with Crippen LogP contribution in [0.3, 0.4) is 0 Å². The lowest BCUT2D eigenvalue weighted by atomic mass is 10.2. The molecule has 0 saturated heterocycles. The van der Waals surface area contributed by atoms with Gasteiger partial charge in [-0.2, -0.15) is 0 Å². The topological polar surface area (TPSA) is 76.1 Å². The van der Waals surface area contributed by atoms with Crippen molar-refractivity contribution in [2.45, 2.75) is 6.61 Å². The van der Waals surface area contributed by atoms with E-state index in [0.29, 0.717) is 5.02 Å². The lowest BCUT2D eigenvalue weighted by Crippen LogP contribution is -2.21. The third kappa shape index (κ3) is 4.46. The van der Waals surface area contributed by atoms with Crippen LogP contribution in [0.1, 0.15) is 5.56 Å². The Morgan fingerprint density at radius 3 is 2.58 bits per heavy atom. The molecule has 0 spiro atoms. The molecule has 3 aromatic rings. The molecular formula is C18H14ClFN4O2. The van der Waals surface area contributed by atoms with Gasteiger partial charge in [-0.25, -0.2) is 19.2 Å². The summed E-state index contributed by atoms with van der Waals surface area (Å²) >= 11 is 6.09. The number of para-hydroxylation sites is 1. The molecular weight excluding hydrogens is 359 g/mol. The van der Waals surface area contributed by atoms with E-state index in [9.17, 15) is 9.18 Å². The second-order valence-electron chi connectivity index (χ2n) is 5.15. The molecule has 0 aliphatic heterocycles. The van der Waals surface area contributed by atoms with Crippen molar-refractivity contribution in [2.24, 2.45) is 0 Å². The normalized spacial score (nSPS) is 10.2. The number of halogens is 2. The molecule has 3 rings (SSSR count). The molecule has 2 N–H and O–H groups in total. The number of carbonyl (C=O) groups is 1. The highest BCUT2D eigenvalue weighted by Crippen LogP contribution is 2.22. The van der Waals surface area contributed by atoms with E-state index in [0.717, 1.165) is 5.56 Å². The quantitative estimate of drug-likeness (QED) is 0.691. The first kappa shape index (κ1) is 17.6. The number of anilines is 2. The van der Waals surface area contributed by atoms with Crippen LogP contribution < -0.4 is 15.4 Å². The highest BCUT2D eigenvalue weighted by atomic mass is 35.5. The molecule has 1 heterocycles. The Hall–Kier alpha value is -3.19. The van der Waals surface area contributed by atoms with Crippen LogP contribution in [0.5, 0.6) is 5.88 Å². The van der Waals surface area contributed by atoms with Crippen LogP contribution in [-0.4, -0.2) is 16.0 Å². The Morgan fingerprint density at radius 1 is 1.04 bits per heavy atom. The Morgan fingerprint density at radius 2 is 1.77 bits per heavy atom. The smallest absolute Gasteiger partial charge is 0.325 e. The lowest BCUT2D eigenvalue weighted by Gasteiger charge is -2.12. The van der Waals surface area contributed by atoms with Crippen molar-refractivity contribution >= 4 is 29.1 Å². The van der Waals surface area contributed by atoms with Gasteiger partial charge in [0.25, 0.3) is 5.88 Å². The number of nitrogens with one attached hydrogen (secondary N) is 2. The van der Waals surface area contributed by atoms with Crippen molar-refractivity contribution in [3.63, 3.8) is 0 Å². The predicted molar refractivity (Wildman–Crippen MR) is 96.9 cm³/mol. The molecule has 26 heavy (non-hydrogen) atoms. The number of nitrogens with zero attached hydrogens (tertiary/aromatic N) is 2. The number of urea groups is 1. The second-order valence-corrected chi connectivity index (χ2v) is 5.56. The molecule has 0 unspecified atom stereocenters. The maximum atomic E-state index is 13.6. The molecule has 2 amide bonds. The predicted octanol–water partition coefficient (Wildman–Crippen LogP) is 4.49. The number of benzene rings is 2. The fourth-order valence-corrected chi connectivity index (χ4v) is 2.29. The number of hydrogen-bond donors (Lipinski definition) is 2. The molecule has 1 aromatic heterocycles. The van der Waals surface area contributed by atoms with Crippen molar-refractivity contribution < 1.29 is 13.9 Å². The van der Waals surface area contributed by atoms with Crippen LogP contribution in [0, 0.1) is 5.82 Å². The minimum Gasteiger partial charge on any atom is -0.470 e. The van der Waals surface area contributed by atoms with Gasteiger partial charge < -0.3 is 10.1 Å². The minimum absolute atomic E-state index is 0.0485. The highest BCUT2D eigenvalue weighted by molar-refractivity contribution is 6.31. The van der Waals surface area contributed by atoms with Gasteiger partial charge in [0.2, 0.25) is 0 Å². The maximum absolute atomic E-state index is 13.6. The van der Waals surface area contributed by atoms with Crippen molar-refractivity contribution in [1.82, 2.24) is 9.97 Å². The van der Waals surface area contributed by atoms with E-state index in [4.69, 9.17) is 16.3 Å². The standard InChI is InChI=1S/C18H14ClFN4O2/c19-13-6-2-1-5-12(13)11-26-17-16(21-9-10-22-17)24-18(25)23-15-8-4-3-7-14(15)20/h1-10H,11H2,(H2,21,23,24,25). The van der Waals surface area contributed by atoms with Crippen molar-refractivity contribution in [2.75, 3.05) is 10.6 Å². The summed E-state index contributed by atoms with van der Waals surface area (Å²) in [4.78, 5) is 20.2. The number of rotatable bonds is 5. The number of hydrogen-bond acceptors (Lipinski definition) is 4. The average Bonchev–Trinajstić information content (AvgIpc) is 2.64. The first-order valence-electron chi connectivity index (χ1n) is 7.63. The van der Waals surface area contributed by atoms with E-state index in [-0.39, 0.29) is 24.0 Å². The van der Waals surface area contributed by atoms with Gasteiger partial charge in [-0.05, 0) is 18.2 Å². The van der Waals surface area contributed by atoms with E-state index < -0.39 is 11.8 Å². The van der Waals surface area contributed by atoms with Crippen LogP contribution in [0.4, 0.5) is 20.7 Å². The van der Waals surface area contributed by atoms with E-state index >= 15 is 0 Å². The number of ether oxygens (including phenoxy) is 1. The zero-order valence-electron chi connectivity index (χ0n) is 13.4. The summed E-state index contributed by atoms with van der Waals surface area (Å²) in [6.07, 6.45) is 2.84. The van der Waals surface area contributed by atoms with E-state index in [1.807, 2.05) is 18.2 Å². The monoisotopic (exact) mass is 372 g/mol. The molecule has 0 bridgehead atoms. The van der Waals surface area contributed by atoms with Crippen LogP contribution in [0.2, 0.25) is 5.02 Å². The fraction of sp³-hybridized carbons (Fsp3) is 0.0556. The summed E-state index contributed by atoms with van der Waals surface area (Å²) in [7, 11) is 0. The first-order valence-corrected chi connectivity index (χ1v) is 8.01. The van der Waals surface area contributed by atoms with Crippen LogP contribution in [0.15, 0.2) is 60.9 Å². The fourth-order valence-electron chi connectivity index (χ4n) is 2.10. The van der Waals surface area contributed by atoms with Gasteiger partial charge in [0, 0.05) is 23.0 Å². The molecule has 2 aromatic carbocycles. The van der Waals surface area contributed by atoms with Crippen molar-refractivity contribution in [3.05, 3.63) is 77.3 Å². The minimum atomic E-state index is -0.668. The second kappa shape index (κ2) is 8.26. The maximum Gasteiger partial charge on any atom is 0.325 e. The van der Waals surface area contributed by atoms with Gasteiger partial charge in [-0.3, -0.25) is 5.32 Å². The van der Waals surface area contributed by atoms with Crippen LogP contribution in [0.25, 0.3) is 0 Å². The average molecular weight is 373 g/mol. The van der Waals surface area contributed by atoms with Gasteiger partial charge in [-0.15, -0.1) is 0 Å². The summed E-state index contributed by atoms with van der Waals surface area (Å²) in [5, 5.41) is 5.45. The van der Waals surface area contributed by atoms with Gasteiger partial charge in [-0.1, -0.05) is 41.9 Å². The molecule has 0 radical (unpaired) electrons. The van der Waals surface area contributed by atoms with E-state index in [2.05, 4.69) is 20.6 Å². The molecule has 0 aliphatic carbocycles. The Balaban J connectivity index is 1.68. The number of carbonyl (C=O) groups excluding carboxylic acids is 1. The van der Waals surface area contributed by atoms with Crippen molar-refractivity contribution in [1.29, 1.82) is 0 Å². The largest absolute Gasteiger partial charge is 0.470 e. The molecule has 6 nitrogen and oxygen atoms in total.